The molecule has 5 nitrogen and oxygen atoms in total. The van der Waals surface area contributed by atoms with Crippen molar-refractivity contribution in [2.45, 2.75) is 70.1 Å². The highest BCUT2D eigenvalue weighted by Gasteiger charge is 2.52. The van der Waals surface area contributed by atoms with Crippen LogP contribution in [0.2, 0.25) is 0 Å². The van der Waals surface area contributed by atoms with Gasteiger partial charge in [0, 0.05) is 28.4 Å². The van der Waals surface area contributed by atoms with E-state index in [9.17, 15) is 4.57 Å². The third-order valence-corrected chi connectivity index (χ3v) is 8.61. The van der Waals surface area contributed by atoms with Gasteiger partial charge in [0.25, 0.3) is 0 Å². The molecule has 0 saturated heterocycles. The summed E-state index contributed by atoms with van der Waals surface area (Å²) in [7, 11) is -2.23. The molecule has 0 amide bonds. The number of nitrogens with zero attached hydrogens (tertiary/aromatic N) is 2. The molecular formula is C23H34N3O2P. The smallest absolute Gasteiger partial charge is 0.232 e. The maximum atomic E-state index is 12.4. The highest BCUT2D eigenvalue weighted by atomic mass is 31.2. The van der Waals surface area contributed by atoms with Gasteiger partial charge in [-0.05, 0) is 69.4 Å². The van der Waals surface area contributed by atoms with Crippen LogP contribution in [-0.2, 0) is 15.4 Å². The second-order valence-electron chi connectivity index (χ2n) is 10.7. The molecule has 0 aliphatic heterocycles. The number of nitrogens with one attached hydrogen (secondary N) is 1. The lowest BCUT2D eigenvalue weighted by atomic mass is 9.53. The minimum Gasteiger partial charge on any atom is -0.384 e. The number of anilines is 1. The second kappa shape index (κ2) is 6.97. The van der Waals surface area contributed by atoms with Gasteiger partial charge < -0.3 is 14.4 Å². The van der Waals surface area contributed by atoms with Gasteiger partial charge in [-0.3, -0.25) is 0 Å². The van der Waals surface area contributed by atoms with Crippen molar-refractivity contribution in [3.8, 4) is 0 Å². The minimum absolute atomic E-state index is 0.0785. The molecule has 1 aromatic heterocycles. The van der Waals surface area contributed by atoms with Crippen LogP contribution >= 0.6 is 7.14 Å². The molecule has 1 heterocycles. The minimum atomic E-state index is -2.23. The summed E-state index contributed by atoms with van der Waals surface area (Å²) in [6.45, 7) is 11.0. The van der Waals surface area contributed by atoms with Crippen molar-refractivity contribution in [1.29, 1.82) is 0 Å². The van der Waals surface area contributed by atoms with E-state index >= 15 is 0 Å². The molecule has 3 fully saturated rings. The van der Waals surface area contributed by atoms with E-state index in [0.717, 1.165) is 48.5 Å². The summed E-state index contributed by atoms with van der Waals surface area (Å²) < 4.78 is 18.1. The van der Waals surface area contributed by atoms with Crippen molar-refractivity contribution in [3.05, 3.63) is 36.0 Å². The van der Waals surface area contributed by atoms with E-state index in [0.29, 0.717) is 5.41 Å². The molecule has 0 atom stereocenters. The van der Waals surface area contributed by atoms with Crippen molar-refractivity contribution in [2.75, 3.05) is 25.2 Å². The Hall–Kier alpha value is -1.61. The summed E-state index contributed by atoms with van der Waals surface area (Å²) in [6, 6.07) is 8.11. The molecule has 1 N–H and O–H groups in total. The zero-order valence-electron chi connectivity index (χ0n) is 18.4. The molecule has 0 unspecified atom stereocenters. The lowest BCUT2D eigenvalue weighted by molar-refractivity contribution is 0.0322. The first-order chi connectivity index (χ1) is 13.5. The Morgan fingerprint density at radius 3 is 2.31 bits per heavy atom. The predicted molar refractivity (Wildman–Crippen MR) is 119 cm³/mol. The Bertz CT molecular complexity index is 913. The van der Waals surface area contributed by atoms with Crippen LogP contribution in [0.15, 0.2) is 28.8 Å². The summed E-state index contributed by atoms with van der Waals surface area (Å²) in [5.74, 6) is 1.67. The number of benzene rings is 1. The standard InChI is InChI=1S/C23H34N3O2P/c1-21(2,3)19-25-20(28-26-19)23-12-9-22(10-13-23,11-14-23)16-24-17-7-6-8-18(15-17)29(4,5)27/h6-8,15,24H,9-14,16H2,1-5H3. The van der Waals surface area contributed by atoms with E-state index in [4.69, 9.17) is 9.51 Å². The zero-order valence-corrected chi connectivity index (χ0v) is 19.3. The highest BCUT2D eigenvalue weighted by Crippen LogP contribution is 2.57. The maximum absolute atomic E-state index is 12.4. The molecule has 29 heavy (non-hydrogen) atoms. The fourth-order valence-corrected chi connectivity index (χ4v) is 5.73. The quantitative estimate of drug-likeness (QED) is 0.670. The number of hydrogen-bond donors (Lipinski definition) is 1. The van der Waals surface area contributed by atoms with Crippen molar-refractivity contribution in [1.82, 2.24) is 10.1 Å². The first kappa shape index (κ1) is 20.7. The molecule has 0 radical (unpaired) electrons. The molecule has 3 aliphatic rings. The van der Waals surface area contributed by atoms with Gasteiger partial charge in [0.05, 0.1) is 0 Å². The molecule has 5 rings (SSSR count). The summed E-state index contributed by atoms with van der Waals surface area (Å²) in [5.41, 5.74) is 1.42. The molecule has 1 aromatic carbocycles. The van der Waals surface area contributed by atoms with E-state index in [1.165, 1.54) is 19.3 Å². The molecule has 2 aromatic rings. The largest absolute Gasteiger partial charge is 0.384 e. The predicted octanol–water partition coefficient (Wildman–Crippen LogP) is 5.32. The summed E-state index contributed by atoms with van der Waals surface area (Å²) in [4.78, 5) is 4.80. The Balaban J connectivity index is 1.43. The highest BCUT2D eigenvalue weighted by molar-refractivity contribution is 7.70. The van der Waals surface area contributed by atoms with E-state index < -0.39 is 7.14 Å². The number of hydrogen-bond acceptors (Lipinski definition) is 5. The molecule has 3 saturated carbocycles. The van der Waals surface area contributed by atoms with Gasteiger partial charge in [-0.25, -0.2) is 0 Å². The molecule has 6 heteroatoms. The molecular weight excluding hydrogens is 381 g/mol. The third kappa shape index (κ3) is 4.03. The fraction of sp³-hybridized carbons (Fsp3) is 0.652. The number of aromatic nitrogens is 2. The SMILES string of the molecule is CC(C)(C)c1noc(C23CCC(CNc4cccc(P(C)(C)=O)c4)(CC2)CC3)n1. The lowest BCUT2D eigenvalue weighted by Gasteiger charge is -2.52. The molecule has 2 bridgehead atoms. The van der Waals surface area contributed by atoms with Crippen LogP contribution in [0.4, 0.5) is 5.69 Å². The van der Waals surface area contributed by atoms with Crippen LogP contribution in [0, 0.1) is 5.41 Å². The first-order valence-corrected chi connectivity index (χ1v) is 13.4. The average molecular weight is 416 g/mol. The maximum Gasteiger partial charge on any atom is 0.232 e. The van der Waals surface area contributed by atoms with Gasteiger partial charge in [-0.2, -0.15) is 4.98 Å². The summed E-state index contributed by atoms with van der Waals surface area (Å²) >= 11 is 0. The molecule has 3 aliphatic carbocycles. The van der Waals surface area contributed by atoms with Crippen LogP contribution in [0.3, 0.4) is 0 Å². The number of fused-ring (bicyclic) bond motifs is 3. The topological polar surface area (TPSA) is 68.0 Å². The summed E-state index contributed by atoms with van der Waals surface area (Å²) in [5, 5.41) is 8.86. The monoisotopic (exact) mass is 415 g/mol. The second-order valence-corrected chi connectivity index (χ2v) is 13.9. The Morgan fingerprint density at radius 2 is 1.76 bits per heavy atom. The van der Waals surface area contributed by atoms with Crippen molar-refractivity contribution in [3.63, 3.8) is 0 Å². The van der Waals surface area contributed by atoms with E-state index in [2.05, 4.69) is 43.4 Å². The van der Waals surface area contributed by atoms with Crippen molar-refractivity contribution in [2.24, 2.45) is 5.41 Å². The van der Waals surface area contributed by atoms with E-state index in [-0.39, 0.29) is 10.8 Å². The van der Waals surface area contributed by atoms with Crippen LogP contribution in [0.1, 0.15) is 71.0 Å². The Labute approximate surface area is 174 Å². The third-order valence-electron chi connectivity index (χ3n) is 7.09. The lowest BCUT2D eigenvalue weighted by Crippen LogP contribution is -2.47. The van der Waals surface area contributed by atoms with Crippen LogP contribution in [0.5, 0.6) is 0 Å². The van der Waals surface area contributed by atoms with Crippen LogP contribution in [-0.4, -0.2) is 30.0 Å². The average Bonchev–Trinajstić information content (AvgIpc) is 3.19. The fourth-order valence-electron chi connectivity index (χ4n) is 4.83. The summed E-state index contributed by atoms with van der Waals surface area (Å²) in [6.07, 6.45) is 6.94. The van der Waals surface area contributed by atoms with Gasteiger partial charge in [0.15, 0.2) is 5.82 Å². The molecule has 158 valence electrons. The normalized spacial score (nSPS) is 27.2. The van der Waals surface area contributed by atoms with Crippen LogP contribution < -0.4 is 10.6 Å². The van der Waals surface area contributed by atoms with Gasteiger partial charge in [0.1, 0.15) is 7.14 Å². The Morgan fingerprint density at radius 1 is 1.10 bits per heavy atom. The van der Waals surface area contributed by atoms with Gasteiger partial charge in [-0.15, -0.1) is 0 Å². The van der Waals surface area contributed by atoms with Gasteiger partial charge in [0.2, 0.25) is 5.89 Å². The van der Waals surface area contributed by atoms with Crippen LogP contribution in [0.25, 0.3) is 0 Å². The Kier molecular flexibility index (Phi) is 4.97. The van der Waals surface area contributed by atoms with Gasteiger partial charge in [-0.1, -0.05) is 38.1 Å². The first-order valence-electron chi connectivity index (χ1n) is 10.8. The van der Waals surface area contributed by atoms with E-state index in [1.54, 1.807) is 0 Å². The van der Waals surface area contributed by atoms with E-state index in [1.807, 2.05) is 25.5 Å². The zero-order chi connectivity index (χ0) is 20.9. The number of rotatable bonds is 5. The van der Waals surface area contributed by atoms with Crippen molar-refractivity contribution >= 4 is 18.1 Å². The molecule has 0 spiro atoms. The van der Waals surface area contributed by atoms with Crippen molar-refractivity contribution < 1.29 is 9.09 Å². The van der Waals surface area contributed by atoms with Gasteiger partial charge >= 0.3 is 0 Å².